The van der Waals surface area contributed by atoms with Gasteiger partial charge in [0.2, 0.25) is 0 Å². The number of amides is 2. The maximum atomic E-state index is 12.7. The van der Waals surface area contributed by atoms with Gasteiger partial charge in [0.05, 0.1) is 19.8 Å². The number of alkyl carbamates (subject to hydrolysis) is 1. The van der Waals surface area contributed by atoms with Crippen LogP contribution in [0.2, 0.25) is 0 Å². The normalized spacial score (nSPS) is 20.0. The van der Waals surface area contributed by atoms with Crippen LogP contribution in [0.4, 0.5) is 9.59 Å². The summed E-state index contributed by atoms with van der Waals surface area (Å²) in [6.45, 7) is 14.4. The van der Waals surface area contributed by atoms with E-state index < -0.39 is 41.1 Å². The molecule has 0 bridgehead atoms. The van der Waals surface area contributed by atoms with Crippen LogP contribution in [-0.2, 0) is 23.7 Å². The Morgan fingerprint density at radius 2 is 1.66 bits per heavy atom. The molecule has 1 fully saturated rings. The molecule has 9 nitrogen and oxygen atoms in total. The molecular weight excluding hydrogens is 380 g/mol. The molecule has 1 heterocycles. The molecule has 1 aliphatic heterocycles. The standard InChI is InChI=1S/C20H36N2O7/c1-18(2,3)28-16(24)21-14(15(23)26-9)11-10-13-12-27-20(7,8)22(13)17(25)29-19(4,5)6/h13-14H,10-12H2,1-9H3,(H,21,24)/t13-,14+/m0/s1. The van der Waals surface area contributed by atoms with Gasteiger partial charge >= 0.3 is 18.2 Å². The molecule has 1 aliphatic rings. The second-order valence-corrected chi connectivity index (χ2v) is 9.56. The summed E-state index contributed by atoms with van der Waals surface area (Å²) in [5, 5.41) is 2.54. The van der Waals surface area contributed by atoms with E-state index in [0.29, 0.717) is 13.0 Å². The predicted molar refractivity (Wildman–Crippen MR) is 106 cm³/mol. The van der Waals surface area contributed by atoms with Crippen molar-refractivity contribution in [3.8, 4) is 0 Å². The van der Waals surface area contributed by atoms with E-state index in [1.54, 1.807) is 60.3 Å². The van der Waals surface area contributed by atoms with E-state index in [2.05, 4.69) is 5.32 Å². The molecule has 9 heteroatoms. The average molecular weight is 417 g/mol. The Kier molecular flexibility index (Phi) is 7.93. The Bertz CT molecular complexity index is 605. The van der Waals surface area contributed by atoms with Crippen LogP contribution in [-0.4, -0.2) is 65.8 Å². The number of methoxy groups -OCH3 is 1. The van der Waals surface area contributed by atoms with Crippen molar-refractivity contribution in [3.63, 3.8) is 0 Å². The van der Waals surface area contributed by atoms with Gasteiger partial charge in [0.1, 0.15) is 23.0 Å². The topological polar surface area (TPSA) is 103 Å². The maximum Gasteiger partial charge on any atom is 0.412 e. The van der Waals surface area contributed by atoms with Gasteiger partial charge in [-0.15, -0.1) is 0 Å². The molecule has 0 unspecified atom stereocenters. The monoisotopic (exact) mass is 416 g/mol. The van der Waals surface area contributed by atoms with E-state index in [1.807, 2.05) is 0 Å². The summed E-state index contributed by atoms with van der Waals surface area (Å²) >= 11 is 0. The molecule has 0 aromatic heterocycles. The van der Waals surface area contributed by atoms with Gasteiger partial charge in [-0.1, -0.05) is 0 Å². The molecule has 0 aromatic carbocycles. The molecule has 1 N–H and O–H groups in total. The highest BCUT2D eigenvalue weighted by Gasteiger charge is 2.45. The molecule has 2 atom stereocenters. The fourth-order valence-corrected chi connectivity index (χ4v) is 2.98. The summed E-state index contributed by atoms with van der Waals surface area (Å²) < 4.78 is 21.3. The lowest BCUT2D eigenvalue weighted by atomic mass is 10.1. The summed E-state index contributed by atoms with van der Waals surface area (Å²) in [7, 11) is 1.25. The Morgan fingerprint density at radius 3 is 2.14 bits per heavy atom. The van der Waals surface area contributed by atoms with Crippen molar-refractivity contribution >= 4 is 18.2 Å². The van der Waals surface area contributed by atoms with E-state index in [1.165, 1.54) is 7.11 Å². The number of carbonyl (C=O) groups is 3. The zero-order valence-electron chi connectivity index (χ0n) is 19.1. The highest BCUT2D eigenvalue weighted by Crippen LogP contribution is 2.31. The van der Waals surface area contributed by atoms with Gasteiger partial charge in [0.15, 0.2) is 0 Å². The summed E-state index contributed by atoms with van der Waals surface area (Å²) in [6.07, 6.45) is -0.548. The number of hydrogen-bond donors (Lipinski definition) is 1. The van der Waals surface area contributed by atoms with E-state index in [-0.39, 0.29) is 12.5 Å². The summed E-state index contributed by atoms with van der Waals surface area (Å²) in [5.41, 5.74) is -2.18. The Hall–Kier alpha value is -2.03. The molecule has 0 radical (unpaired) electrons. The summed E-state index contributed by atoms with van der Waals surface area (Å²) in [5.74, 6) is -0.585. The number of ether oxygens (including phenoxy) is 4. The van der Waals surface area contributed by atoms with Crippen LogP contribution in [0.3, 0.4) is 0 Å². The van der Waals surface area contributed by atoms with Gasteiger partial charge in [0.25, 0.3) is 0 Å². The van der Waals surface area contributed by atoms with Crippen molar-refractivity contribution in [2.45, 2.75) is 97.2 Å². The largest absolute Gasteiger partial charge is 0.467 e. The lowest BCUT2D eigenvalue weighted by molar-refractivity contribution is -0.143. The molecule has 0 spiro atoms. The van der Waals surface area contributed by atoms with Gasteiger partial charge < -0.3 is 24.3 Å². The van der Waals surface area contributed by atoms with Gasteiger partial charge in [-0.3, -0.25) is 4.90 Å². The van der Waals surface area contributed by atoms with Crippen molar-refractivity contribution in [3.05, 3.63) is 0 Å². The second kappa shape index (κ2) is 9.19. The first-order valence-corrected chi connectivity index (χ1v) is 9.79. The summed E-state index contributed by atoms with van der Waals surface area (Å²) in [6, 6.07) is -1.22. The number of carbonyl (C=O) groups excluding carboxylic acids is 3. The smallest absolute Gasteiger partial charge is 0.412 e. The lowest BCUT2D eigenvalue weighted by Crippen LogP contribution is -2.50. The van der Waals surface area contributed by atoms with Crippen LogP contribution < -0.4 is 5.32 Å². The van der Waals surface area contributed by atoms with Crippen LogP contribution in [0.15, 0.2) is 0 Å². The van der Waals surface area contributed by atoms with Crippen LogP contribution in [0.1, 0.15) is 68.2 Å². The zero-order valence-corrected chi connectivity index (χ0v) is 19.1. The number of hydrogen-bond acceptors (Lipinski definition) is 7. The molecule has 0 aromatic rings. The van der Waals surface area contributed by atoms with Crippen molar-refractivity contribution in [2.24, 2.45) is 0 Å². The predicted octanol–water partition coefficient (Wildman–Crippen LogP) is 3.20. The minimum Gasteiger partial charge on any atom is -0.467 e. The van der Waals surface area contributed by atoms with Crippen LogP contribution in [0, 0.1) is 0 Å². The minimum atomic E-state index is -0.904. The fourth-order valence-electron chi connectivity index (χ4n) is 2.98. The van der Waals surface area contributed by atoms with Gasteiger partial charge in [0, 0.05) is 0 Å². The highest BCUT2D eigenvalue weighted by atomic mass is 16.6. The fraction of sp³-hybridized carbons (Fsp3) is 0.850. The third-order valence-electron chi connectivity index (χ3n) is 4.13. The van der Waals surface area contributed by atoms with Gasteiger partial charge in [-0.05, 0) is 68.2 Å². The molecule has 2 amide bonds. The van der Waals surface area contributed by atoms with E-state index in [4.69, 9.17) is 18.9 Å². The first-order chi connectivity index (χ1) is 13.1. The van der Waals surface area contributed by atoms with Gasteiger partial charge in [-0.25, -0.2) is 14.4 Å². The molecule has 168 valence electrons. The Morgan fingerprint density at radius 1 is 1.10 bits per heavy atom. The molecule has 0 saturated carbocycles. The van der Waals surface area contributed by atoms with Crippen LogP contribution >= 0.6 is 0 Å². The first-order valence-electron chi connectivity index (χ1n) is 9.79. The third-order valence-corrected chi connectivity index (χ3v) is 4.13. The Balaban J connectivity index is 2.84. The molecule has 0 aliphatic carbocycles. The van der Waals surface area contributed by atoms with E-state index >= 15 is 0 Å². The quantitative estimate of drug-likeness (QED) is 0.542. The molecule has 1 rings (SSSR count). The van der Waals surface area contributed by atoms with E-state index in [9.17, 15) is 14.4 Å². The Labute approximate surface area is 173 Å². The minimum absolute atomic E-state index is 0.245. The summed E-state index contributed by atoms with van der Waals surface area (Å²) in [4.78, 5) is 38.4. The number of esters is 1. The first kappa shape index (κ1) is 25.0. The molecule has 1 saturated heterocycles. The number of nitrogens with one attached hydrogen (secondary N) is 1. The third kappa shape index (κ3) is 8.08. The zero-order chi connectivity index (χ0) is 22.6. The van der Waals surface area contributed by atoms with E-state index in [0.717, 1.165) is 0 Å². The SMILES string of the molecule is COC(=O)[C@@H](CC[C@H]1COC(C)(C)N1C(=O)OC(C)(C)C)NC(=O)OC(C)(C)C. The van der Waals surface area contributed by atoms with Crippen LogP contribution in [0.25, 0.3) is 0 Å². The molecule has 29 heavy (non-hydrogen) atoms. The van der Waals surface area contributed by atoms with Gasteiger partial charge in [-0.2, -0.15) is 0 Å². The van der Waals surface area contributed by atoms with Crippen molar-refractivity contribution in [1.82, 2.24) is 10.2 Å². The van der Waals surface area contributed by atoms with Crippen molar-refractivity contribution < 1.29 is 33.3 Å². The maximum absolute atomic E-state index is 12.7. The number of nitrogens with zero attached hydrogens (tertiary/aromatic N) is 1. The number of rotatable bonds is 5. The lowest BCUT2D eigenvalue weighted by Gasteiger charge is -2.35. The second-order valence-electron chi connectivity index (χ2n) is 9.56. The van der Waals surface area contributed by atoms with Crippen molar-refractivity contribution in [1.29, 1.82) is 0 Å². The van der Waals surface area contributed by atoms with Crippen LogP contribution in [0.5, 0.6) is 0 Å². The highest BCUT2D eigenvalue weighted by molar-refractivity contribution is 5.81. The van der Waals surface area contributed by atoms with Crippen molar-refractivity contribution in [2.75, 3.05) is 13.7 Å². The molecular formula is C20H36N2O7. The average Bonchev–Trinajstić information content (AvgIpc) is 2.81.